The van der Waals surface area contributed by atoms with Crippen LogP contribution in [0.1, 0.15) is 38.1 Å². The molecular weight excluding hydrogens is 362 g/mol. The minimum Gasteiger partial charge on any atom is -0.369 e. The first-order valence-electron chi connectivity index (χ1n) is 10.4. The number of nitrogens with zero attached hydrogens (tertiary/aromatic N) is 4. The van der Waals surface area contributed by atoms with Crippen LogP contribution in [0, 0.1) is 5.41 Å². The monoisotopic (exact) mass is 391 g/mol. The van der Waals surface area contributed by atoms with Crippen molar-refractivity contribution in [3.8, 4) is 11.3 Å². The smallest absolute Gasteiger partial charge is 0.171 e. The van der Waals surface area contributed by atoms with E-state index in [1.165, 1.54) is 5.69 Å². The summed E-state index contributed by atoms with van der Waals surface area (Å²) in [5.41, 5.74) is 4.66. The van der Waals surface area contributed by atoms with Crippen molar-refractivity contribution in [1.82, 2.24) is 19.9 Å². The number of carbonyl (C=O) groups excluding carboxylic acids is 1. The van der Waals surface area contributed by atoms with Gasteiger partial charge >= 0.3 is 0 Å². The molecule has 1 N–H and O–H groups in total. The molecule has 152 valence electrons. The maximum absolute atomic E-state index is 13.0. The van der Waals surface area contributed by atoms with Crippen LogP contribution in [0.25, 0.3) is 22.4 Å². The molecule has 1 aliphatic heterocycles. The van der Waals surface area contributed by atoms with Crippen LogP contribution in [0.4, 0.5) is 5.69 Å². The third kappa shape index (κ3) is 3.77. The van der Waals surface area contributed by atoms with E-state index in [2.05, 4.69) is 46.4 Å². The van der Waals surface area contributed by atoms with E-state index >= 15 is 0 Å². The normalized spacial score (nSPS) is 15.1. The predicted octanol–water partition coefficient (Wildman–Crippen LogP) is 3.76. The van der Waals surface area contributed by atoms with Crippen LogP contribution in [-0.4, -0.2) is 46.5 Å². The molecule has 0 saturated carbocycles. The lowest BCUT2D eigenvalue weighted by molar-refractivity contribution is 0.0859. The fourth-order valence-electron chi connectivity index (χ4n) is 3.79. The summed E-state index contributed by atoms with van der Waals surface area (Å²) in [7, 11) is 0. The predicted molar refractivity (Wildman–Crippen MR) is 118 cm³/mol. The Balaban J connectivity index is 1.78. The van der Waals surface area contributed by atoms with Gasteiger partial charge in [0.05, 0.1) is 17.5 Å². The van der Waals surface area contributed by atoms with Crippen LogP contribution in [0.5, 0.6) is 0 Å². The summed E-state index contributed by atoms with van der Waals surface area (Å²) in [6, 6.07) is 8.44. The molecule has 0 spiro atoms. The van der Waals surface area contributed by atoms with Crippen molar-refractivity contribution in [2.45, 2.75) is 34.2 Å². The summed E-state index contributed by atoms with van der Waals surface area (Å²) in [6.07, 6.45) is 3.72. The summed E-state index contributed by atoms with van der Waals surface area (Å²) in [4.78, 5) is 25.0. The van der Waals surface area contributed by atoms with Gasteiger partial charge in [0, 0.05) is 55.6 Å². The number of fused-ring (bicyclic) bond motifs is 1. The largest absolute Gasteiger partial charge is 0.369 e. The number of aromatic nitrogens is 3. The third-order valence-corrected chi connectivity index (χ3v) is 5.46. The summed E-state index contributed by atoms with van der Waals surface area (Å²) < 4.78 is 2.00. The Kier molecular flexibility index (Phi) is 5.13. The molecule has 3 heterocycles. The Morgan fingerprint density at radius 2 is 1.97 bits per heavy atom. The molecule has 4 rings (SSSR count). The van der Waals surface area contributed by atoms with Gasteiger partial charge in [0.25, 0.3) is 0 Å². The molecule has 0 bridgehead atoms. The molecule has 1 fully saturated rings. The first-order chi connectivity index (χ1) is 13.9. The molecule has 1 aliphatic rings. The highest BCUT2D eigenvalue weighted by molar-refractivity contribution is 6.08. The molecule has 3 aromatic rings. The van der Waals surface area contributed by atoms with E-state index in [4.69, 9.17) is 4.98 Å². The van der Waals surface area contributed by atoms with Crippen molar-refractivity contribution < 1.29 is 4.79 Å². The number of rotatable bonds is 4. The minimum absolute atomic E-state index is 0.0933. The van der Waals surface area contributed by atoms with Crippen LogP contribution < -0.4 is 10.2 Å². The molecule has 0 amide bonds. The molecule has 1 aromatic carbocycles. The SMILES string of the molecule is CCn1cc(C(=O)C(C)(C)C)c2nc(-c3cccc(N4CCNCC4)c3)cnc21. The van der Waals surface area contributed by atoms with E-state index in [9.17, 15) is 4.79 Å². The molecule has 29 heavy (non-hydrogen) atoms. The molecule has 0 unspecified atom stereocenters. The van der Waals surface area contributed by atoms with Crippen molar-refractivity contribution in [3.05, 3.63) is 42.2 Å². The van der Waals surface area contributed by atoms with Crippen LogP contribution in [0.15, 0.2) is 36.7 Å². The number of hydrogen-bond donors (Lipinski definition) is 1. The molecule has 0 radical (unpaired) electrons. The molecule has 0 aliphatic carbocycles. The number of hydrogen-bond acceptors (Lipinski definition) is 5. The molecule has 6 heteroatoms. The highest BCUT2D eigenvalue weighted by Crippen LogP contribution is 2.29. The van der Waals surface area contributed by atoms with Gasteiger partial charge in [0.1, 0.15) is 5.52 Å². The van der Waals surface area contributed by atoms with Crippen molar-refractivity contribution in [2.24, 2.45) is 5.41 Å². The second-order valence-electron chi connectivity index (χ2n) is 8.62. The van der Waals surface area contributed by atoms with Gasteiger partial charge in [-0.1, -0.05) is 32.9 Å². The van der Waals surface area contributed by atoms with Gasteiger partial charge in [-0.15, -0.1) is 0 Å². The van der Waals surface area contributed by atoms with Gasteiger partial charge in [-0.25, -0.2) is 9.97 Å². The summed E-state index contributed by atoms with van der Waals surface area (Å²) >= 11 is 0. The van der Waals surface area contributed by atoms with Gasteiger partial charge in [-0.05, 0) is 19.1 Å². The highest BCUT2D eigenvalue weighted by atomic mass is 16.1. The lowest BCUT2D eigenvalue weighted by Crippen LogP contribution is -2.43. The van der Waals surface area contributed by atoms with Crippen molar-refractivity contribution >= 4 is 22.6 Å². The Morgan fingerprint density at radius 3 is 2.66 bits per heavy atom. The number of carbonyl (C=O) groups is 1. The first-order valence-corrected chi connectivity index (χ1v) is 10.4. The maximum Gasteiger partial charge on any atom is 0.171 e. The fraction of sp³-hybridized carbons (Fsp3) is 0.435. The van der Waals surface area contributed by atoms with Crippen molar-refractivity contribution in [3.63, 3.8) is 0 Å². The van der Waals surface area contributed by atoms with Gasteiger partial charge in [-0.3, -0.25) is 4.79 Å². The quantitative estimate of drug-likeness (QED) is 0.686. The average Bonchev–Trinajstić information content (AvgIpc) is 3.11. The number of Topliss-reactive ketones (excluding diaryl/α,β-unsaturated/α-hetero) is 1. The van der Waals surface area contributed by atoms with Crippen LogP contribution >= 0.6 is 0 Å². The lowest BCUT2D eigenvalue weighted by Gasteiger charge is -2.29. The summed E-state index contributed by atoms with van der Waals surface area (Å²) in [6.45, 7) is 12.6. The third-order valence-electron chi connectivity index (χ3n) is 5.46. The van der Waals surface area contributed by atoms with Crippen LogP contribution in [0.2, 0.25) is 0 Å². The molecule has 6 nitrogen and oxygen atoms in total. The Hall–Kier alpha value is -2.73. The van der Waals surface area contributed by atoms with Crippen LogP contribution in [-0.2, 0) is 6.54 Å². The van der Waals surface area contributed by atoms with E-state index < -0.39 is 5.41 Å². The molecular formula is C23H29N5O. The van der Waals surface area contributed by atoms with Crippen LogP contribution in [0.3, 0.4) is 0 Å². The number of aryl methyl sites for hydroxylation is 1. The molecule has 1 saturated heterocycles. The topological polar surface area (TPSA) is 63.1 Å². The lowest BCUT2D eigenvalue weighted by atomic mass is 9.87. The van der Waals surface area contributed by atoms with Gasteiger partial charge in [-0.2, -0.15) is 0 Å². The Labute approximate surface area is 172 Å². The molecule has 2 aromatic heterocycles. The van der Waals surface area contributed by atoms with Crippen molar-refractivity contribution in [1.29, 1.82) is 0 Å². The van der Waals surface area contributed by atoms with Gasteiger partial charge in [0.15, 0.2) is 11.4 Å². The zero-order valence-electron chi connectivity index (χ0n) is 17.7. The van der Waals surface area contributed by atoms with Gasteiger partial charge in [0.2, 0.25) is 0 Å². The summed E-state index contributed by atoms with van der Waals surface area (Å²) in [5, 5.41) is 3.39. The Bertz CT molecular complexity index is 1040. The fourth-order valence-corrected chi connectivity index (χ4v) is 3.79. The standard InChI is InChI=1S/C23H29N5O/c1-5-27-15-18(21(29)23(2,3)4)20-22(27)25-14-19(26-20)16-7-6-8-17(13-16)28-11-9-24-10-12-28/h6-8,13-15,24H,5,9-12H2,1-4H3. The number of nitrogens with one attached hydrogen (secondary N) is 1. The number of ketones is 1. The number of benzene rings is 1. The zero-order chi connectivity index (χ0) is 20.6. The maximum atomic E-state index is 13.0. The second kappa shape index (κ2) is 7.59. The van der Waals surface area contributed by atoms with E-state index in [0.717, 1.165) is 49.6 Å². The zero-order valence-corrected chi connectivity index (χ0v) is 17.7. The Morgan fingerprint density at radius 1 is 1.21 bits per heavy atom. The van der Waals surface area contributed by atoms with E-state index in [0.29, 0.717) is 11.1 Å². The summed E-state index contributed by atoms with van der Waals surface area (Å²) in [5.74, 6) is 0.0933. The highest BCUT2D eigenvalue weighted by Gasteiger charge is 2.27. The minimum atomic E-state index is -0.466. The molecule has 0 atom stereocenters. The van der Waals surface area contributed by atoms with Crippen molar-refractivity contribution in [2.75, 3.05) is 31.1 Å². The second-order valence-corrected chi connectivity index (χ2v) is 8.62. The van der Waals surface area contributed by atoms with Gasteiger partial charge < -0.3 is 14.8 Å². The van der Waals surface area contributed by atoms with E-state index in [-0.39, 0.29) is 5.78 Å². The van der Waals surface area contributed by atoms with E-state index in [1.807, 2.05) is 37.7 Å². The average molecular weight is 392 g/mol. The number of piperazine rings is 1. The van der Waals surface area contributed by atoms with E-state index in [1.54, 1.807) is 0 Å². The first kappa shape index (κ1) is 19.6. The number of anilines is 1.